The molecule has 0 spiro atoms. The van der Waals surface area contributed by atoms with E-state index in [1.165, 1.54) is 4.90 Å². The molecule has 3 rings (SSSR count). The minimum Gasteiger partial charge on any atom is -0.444 e. The van der Waals surface area contributed by atoms with Crippen LogP contribution in [-0.4, -0.2) is 58.5 Å². The molecule has 9 heteroatoms. The van der Waals surface area contributed by atoms with Gasteiger partial charge in [-0.1, -0.05) is 48.5 Å². The van der Waals surface area contributed by atoms with Crippen molar-refractivity contribution in [2.24, 2.45) is 0 Å². The van der Waals surface area contributed by atoms with Gasteiger partial charge in [-0.3, -0.25) is 9.59 Å². The number of benzene rings is 3. The van der Waals surface area contributed by atoms with E-state index in [1.807, 2.05) is 62.4 Å². The molecule has 0 saturated carbocycles. The average molecular weight is 552 g/mol. The maximum absolute atomic E-state index is 13.9. The number of ether oxygens (including phenoxy) is 1. The first-order chi connectivity index (χ1) is 18.4. The fourth-order valence-corrected chi connectivity index (χ4v) is 4.44. The molecule has 0 heterocycles. The quantitative estimate of drug-likeness (QED) is 0.286. The molecule has 2 unspecified atom stereocenters. The third-order valence-electron chi connectivity index (χ3n) is 6.22. The molecule has 3 aromatic carbocycles. The highest BCUT2D eigenvalue weighted by Crippen LogP contribution is 2.27. The number of hydrogen-bond donors (Lipinski definition) is 4. The van der Waals surface area contributed by atoms with Gasteiger partial charge in [0.15, 0.2) is 0 Å². The number of hydrogen-bond acceptors (Lipinski definition) is 6. The van der Waals surface area contributed by atoms with E-state index in [-0.39, 0.29) is 18.9 Å². The van der Waals surface area contributed by atoms with Crippen molar-refractivity contribution in [1.29, 1.82) is 0 Å². The summed E-state index contributed by atoms with van der Waals surface area (Å²) in [6, 6.07) is 16.7. The summed E-state index contributed by atoms with van der Waals surface area (Å²) in [6.07, 6.45) is -0.776. The van der Waals surface area contributed by atoms with Gasteiger partial charge < -0.3 is 25.4 Å². The third kappa shape index (κ3) is 7.97. The summed E-state index contributed by atoms with van der Waals surface area (Å²) < 4.78 is 5.31. The summed E-state index contributed by atoms with van der Waals surface area (Å²) in [5.74, 6) is -1.06. The number of nitrogens with zero attached hydrogens (tertiary/aromatic N) is 1. The Hall–Kier alpha value is -3.56. The summed E-state index contributed by atoms with van der Waals surface area (Å²) >= 11 is 4.27. The van der Waals surface area contributed by atoms with Gasteiger partial charge in [0.25, 0.3) is 5.91 Å². The predicted molar refractivity (Wildman–Crippen MR) is 157 cm³/mol. The average Bonchev–Trinajstić information content (AvgIpc) is 2.87. The fourth-order valence-electron chi connectivity index (χ4n) is 4.19. The highest BCUT2D eigenvalue weighted by molar-refractivity contribution is 7.80. The lowest BCUT2D eigenvalue weighted by Crippen LogP contribution is -2.53. The zero-order valence-corrected chi connectivity index (χ0v) is 23.9. The SMILES string of the molecule is Cc1ccc(C(C(=O)Nc2ccc3ccccc3c2)N(CCO)C(=O)C(CS)NC(=O)OC(C)(C)C)cc1C. The van der Waals surface area contributed by atoms with Crippen LogP contribution in [0.5, 0.6) is 0 Å². The van der Waals surface area contributed by atoms with Crippen molar-refractivity contribution in [3.8, 4) is 0 Å². The van der Waals surface area contributed by atoms with Crippen molar-refractivity contribution in [3.05, 3.63) is 77.4 Å². The number of carbonyl (C=O) groups is 3. The number of alkyl carbamates (subject to hydrolysis) is 1. The molecule has 3 N–H and O–H groups in total. The van der Waals surface area contributed by atoms with E-state index >= 15 is 0 Å². The Labute approximate surface area is 235 Å². The number of carbonyl (C=O) groups excluding carboxylic acids is 3. The summed E-state index contributed by atoms with van der Waals surface area (Å²) in [7, 11) is 0. The molecule has 0 aliphatic carbocycles. The van der Waals surface area contributed by atoms with Crippen LogP contribution in [0.4, 0.5) is 10.5 Å². The minimum atomic E-state index is -1.09. The van der Waals surface area contributed by atoms with Crippen LogP contribution in [0.1, 0.15) is 43.5 Å². The van der Waals surface area contributed by atoms with E-state index in [4.69, 9.17) is 4.74 Å². The number of nitrogens with one attached hydrogen (secondary N) is 2. The summed E-state index contributed by atoms with van der Waals surface area (Å²) in [5, 5.41) is 17.4. The van der Waals surface area contributed by atoms with Gasteiger partial charge in [-0.15, -0.1) is 0 Å². The van der Waals surface area contributed by atoms with Crippen LogP contribution < -0.4 is 10.6 Å². The molecule has 0 aliphatic rings. The fraction of sp³-hybridized carbons (Fsp3) is 0.367. The minimum absolute atomic E-state index is 0.0358. The van der Waals surface area contributed by atoms with Crippen LogP contribution in [0, 0.1) is 13.8 Å². The maximum Gasteiger partial charge on any atom is 0.408 e. The number of fused-ring (bicyclic) bond motifs is 1. The molecule has 0 aliphatic heterocycles. The standard InChI is InChI=1S/C30H37N3O5S/c1-19-10-11-23(16-20(19)2)26(27(35)31-24-13-12-21-8-6-7-9-22(21)17-24)33(14-15-34)28(36)25(18-39)32-29(37)38-30(3,4)5/h6-13,16-17,25-26,34,39H,14-15,18H2,1-5H3,(H,31,35)(H,32,37). The van der Waals surface area contributed by atoms with E-state index in [9.17, 15) is 19.5 Å². The van der Waals surface area contributed by atoms with E-state index in [0.717, 1.165) is 21.9 Å². The molecule has 0 saturated heterocycles. The van der Waals surface area contributed by atoms with Crippen molar-refractivity contribution < 1.29 is 24.2 Å². The Morgan fingerprint density at radius 1 is 0.974 bits per heavy atom. The number of rotatable bonds is 9. The van der Waals surface area contributed by atoms with Crippen LogP contribution in [0.15, 0.2) is 60.7 Å². The first-order valence-corrected chi connectivity index (χ1v) is 13.4. The molecule has 3 amide bonds. The van der Waals surface area contributed by atoms with Gasteiger partial charge in [-0.25, -0.2) is 4.79 Å². The maximum atomic E-state index is 13.9. The lowest BCUT2D eigenvalue weighted by Gasteiger charge is -2.34. The molecule has 2 atom stereocenters. The highest BCUT2D eigenvalue weighted by atomic mass is 32.1. The Kier molecular flexibility index (Phi) is 9.99. The number of thiol groups is 1. The topological polar surface area (TPSA) is 108 Å². The van der Waals surface area contributed by atoms with Crippen molar-refractivity contribution in [2.45, 2.75) is 52.3 Å². The zero-order chi connectivity index (χ0) is 28.7. The lowest BCUT2D eigenvalue weighted by atomic mass is 9.98. The van der Waals surface area contributed by atoms with Gasteiger partial charge >= 0.3 is 6.09 Å². The molecular formula is C30H37N3O5S. The van der Waals surface area contributed by atoms with E-state index in [0.29, 0.717) is 11.3 Å². The number of aliphatic hydroxyl groups excluding tert-OH is 1. The van der Waals surface area contributed by atoms with Gasteiger partial charge in [0.2, 0.25) is 5.91 Å². The Morgan fingerprint density at radius 2 is 1.67 bits per heavy atom. The van der Waals surface area contributed by atoms with Crippen molar-refractivity contribution in [2.75, 3.05) is 24.2 Å². The molecule has 0 radical (unpaired) electrons. The lowest BCUT2D eigenvalue weighted by molar-refractivity contribution is -0.140. The zero-order valence-electron chi connectivity index (χ0n) is 23.0. The first kappa shape index (κ1) is 30.0. The van der Waals surface area contributed by atoms with E-state index < -0.39 is 35.6 Å². The molecule has 0 fully saturated rings. The van der Waals surface area contributed by atoms with Crippen LogP contribution in [0.2, 0.25) is 0 Å². The van der Waals surface area contributed by atoms with Gasteiger partial charge in [0.1, 0.15) is 17.7 Å². The second-order valence-corrected chi connectivity index (χ2v) is 10.8. The van der Waals surface area contributed by atoms with Gasteiger partial charge in [-0.05, 0) is 74.2 Å². The van der Waals surface area contributed by atoms with E-state index in [2.05, 4.69) is 23.3 Å². The highest BCUT2D eigenvalue weighted by Gasteiger charge is 2.36. The Bertz CT molecular complexity index is 1340. The number of anilines is 1. The normalized spacial score (nSPS) is 12.9. The molecular weight excluding hydrogens is 514 g/mol. The van der Waals surface area contributed by atoms with Crippen LogP contribution in [0.25, 0.3) is 10.8 Å². The Morgan fingerprint density at radius 3 is 2.28 bits per heavy atom. The van der Waals surface area contributed by atoms with E-state index in [1.54, 1.807) is 32.9 Å². The molecule has 208 valence electrons. The molecule has 3 aromatic rings. The predicted octanol–water partition coefficient (Wildman–Crippen LogP) is 4.78. The second-order valence-electron chi connectivity index (χ2n) is 10.4. The van der Waals surface area contributed by atoms with Gasteiger partial charge in [0, 0.05) is 18.0 Å². The molecule has 0 bridgehead atoms. The van der Waals surface area contributed by atoms with Crippen LogP contribution in [-0.2, 0) is 14.3 Å². The second kappa shape index (κ2) is 13.0. The molecule has 8 nitrogen and oxygen atoms in total. The monoisotopic (exact) mass is 551 g/mol. The Balaban J connectivity index is 1.99. The van der Waals surface area contributed by atoms with Crippen LogP contribution >= 0.6 is 12.6 Å². The summed E-state index contributed by atoms with van der Waals surface area (Å²) in [6.45, 7) is 8.51. The van der Waals surface area contributed by atoms with Crippen LogP contribution in [0.3, 0.4) is 0 Å². The summed E-state index contributed by atoms with van der Waals surface area (Å²) in [5.41, 5.74) is 2.37. The van der Waals surface area contributed by atoms with Crippen molar-refractivity contribution in [3.63, 3.8) is 0 Å². The van der Waals surface area contributed by atoms with Gasteiger partial charge in [-0.2, -0.15) is 12.6 Å². The molecule has 39 heavy (non-hydrogen) atoms. The number of aliphatic hydroxyl groups is 1. The van der Waals surface area contributed by atoms with Crippen molar-refractivity contribution >= 4 is 47.0 Å². The van der Waals surface area contributed by atoms with Gasteiger partial charge in [0.05, 0.1) is 6.61 Å². The largest absolute Gasteiger partial charge is 0.444 e. The smallest absolute Gasteiger partial charge is 0.408 e. The first-order valence-electron chi connectivity index (χ1n) is 12.8. The number of amides is 3. The molecule has 0 aromatic heterocycles. The third-order valence-corrected chi connectivity index (χ3v) is 6.58. The number of aryl methyl sites for hydroxylation is 2. The van der Waals surface area contributed by atoms with Crippen molar-refractivity contribution in [1.82, 2.24) is 10.2 Å². The summed E-state index contributed by atoms with van der Waals surface area (Å²) in [4.78, 5) is 41.4.